The zero-order valence-corrected chi connectivity index (χ0v) is 9.56. The van der Waals surface area contributed by atoms with E-state index in [0.29, 0.717) is 0 Å². The van der Waals surface area contributed by atoms with Crippen molar-refractivity contribution in [3.8, 4) is 0 Å². The quantitative estimate of drug-likeness (QED) is 0.397. The summed E-state index contributed by atoms with van der Waals surface area (Å²) in [5.74, 6) is 0. The second-order valence-electron chi connectivity index (χ2n) is 0.0833. The second kappa shape index (κ2) is 226. The zero-order chi connectivity index (χ0) is 2.71. The first-order valence-corrected chi connectivity index (χ1v) is 1.22. The van der Waals surface area contributed by atoms with Crippen LogP contribution in [0.5, 0.6) is 0 Å². The van der Waals surface area contributed by atoms with Crippen LogP contribution in [0.2, 0.25) is 0 Å². The predicted octanol–water partition coefficient (Wildman–Crippen LogP) is -5.93. The molecule has 64 valence electrons. The van der Waals surface area contributed by atoms with E-state index in [9.17, 15) is 0 Å². The molecule has 0 rings (SSSR count). The molecule has 0 radical (unpaired) electrons. The summed E-state index contributed by atoms with van der Waals surface area (Å²) in [6, 6.07) is 0. The van der Waals surface area contributed by atoms with Crippen LogP contribution in [0.1, 0.15) is 0 Å². The van der Waals surface area contributed by atoms with E-state index in [2.05, 4.69) is 0 Å². The Hall–Kier alpha value is 0.435. The van der Waals surface area contributed by atoms with E-state index in [1.807, 2.05) is 0 Å². The molecule has 0 spiro atoms. The Morgan fingerprint density at radius 1 is 0.667 bits per heavy atom. The molecule has 0 unspecified atom stereocenters. The predicted molar refractivity (Wildman–Crippen MR) is 35.1 cm³/mol. The van der Waals surface area contributed by atoms with Gasteiger partial charge < -0.3 is 27.4 Å². The Balaban J connectivity index is -0.00000000133. The van der Waals surface area contributed by atoms with Crippen LogP contribution in [-0.4, -0.2) is 61.1 Å². The summed E-state index contributed by atoms with van der Waals surface area (Å²) in [6.07, 6.45) is 0. The molecule has 0 aromatic heterocycles. The van der Waals surface area contributed by atoms with Crippen LogP contribution in [0.15, 0.2) is 0 Å². The Bertz CT molecular complexity index is 29.9. The molecule has 10 N–H and O–H groups in total. The average Bonchev–Trinajstić information content (AvgIpc) is 0.918. The fraction of sp³-hybridized carbons (Fsp3) is 0. The molecule has 0 heterocycles. The molecule has 0 atom stereocenters. The van der Waals surface area contributed by atoms with Crippen LogP contribution < -0.4 is 0 Å². The molecule has 0 aliphatic heterocycles. The van der Waals surface area contributed by atoms with Gasteiger partial charge in [-0.1, -0.05) is 0 Å². The van der Waals surface area contributed by atoms with E-state index in [0.717, 1.165) is 0 Å². The summed E-state index contributed by atoms with van der Waals surface area (Å²) < 4.78 is 16.8. The van der Waals surface area contributed by atoms with Crippen molar-refractivity contribution in [3.63, 3.8) is 0 Å². The first kappa shape index (κ1) is 113. The summed E-state index contributed by atoms with van der Waals surface area (Å²) in [5.41, 5.74) is 0. The number of rotatable bonds is 0. The van der Waals surface area contributed by atoms with Crippen LogP contribution in [0.3, 0.4) is 0 Å². The minimum atomic E-state index is -1.42. The van der Waals surface area contributed by atoms with Crippen LogP contribution in [-0.2, 0) is 8.92 Å². The minimum absolute atomic E-state index is 0. The van der Waals surface area contributed by atoms with Gasteiger partial charge in [-0.3, -0.25) is 8.92 Å². The average molecular weight is 275 g/mol. The molecular weight excluding hydrogens is 262 g/mol. The molecule has 0 fully saturated rings. The Kier molecular flexibility index (Phi) is 2850. The van der Waals surface area contributed by atoms with Gasteiger partial charge in [-0.05, 0) is 0 Å². The normalized spacial score (nSPS) is 0.889. The van der Waals surface area contributed by atoms with Gasteiger partial charge in [0.05, 0.1) is 0 Å². The third kappa shape index (κ3) is 1850. The van der Waals surface area contributed by atoms with E-state index in [4.69, 9.17) is 8.92 Å². The molecule has 9 heteroatoms. The van der Waals surface area contributed by atoms with Crippen molar-refractivity contribution in [2.75, 3.05) is 0 Å². The monoisotopic (exact) mass is 274 g/mol. The molecular formula is H13O7SbSi. The summed E-state index contributed by atoms with van der Waals surface area (Å²) in [6.45, 7) is 0. The van der Waals surface area contributed by atoms with E-state index in [1.165, 1.54) is 0 Å². The molecule has 0 aromatic rings. The summed E-state index contributed by atoms with van der Waals surface area (Å²) in [5, 5.41) is 0. The van der Waals surface area contributed by atoms with E-state index < -0.39 is 9.29 Å². The third-order valence-corrected chi connectivity index (χ3v) is 0. The maximum absolute atomic E-state index is 8.40. The van der Waals surface area contributed by atoms with Crippen molar-refractivity contribution in [3.05, 3.63) is 0 Å². The van der Waals surface area contributed by atoms with Gasteiger partial charge in [0.2, 0.25) is 0 Å². The maximum atomic E-state index is 8.40. The van der Waals surface area contributed by atoms with Gasteiger partial charge in [0, 0.05) is 0 Å². The van der Waals surface area contributed by atoms with Crippen molar-refractivity contribution in [1.29, 1.82) is 0 Å². The van der Waals surface area contributed by atoms with E-state index in [-0.39, 0.29) is 51.8 Å². The van der Waals surface area contributed by atoms with Crippen LogP contribution in [0.25, 0.3) is 0 Å². The van der Waals surface area contributed by atoms with Gasteiger partial charge in [0.15, 0.2) is 0 Å². The van der Waals surface area contributed by atoms with Gasteiger partial charge in [0.1, 0.15) is 0 Å². The van der Waals surface area contributed by atoms with Crippen LogP contribution >= 0.6 is 0 Å². The fourth-order valence-corrected chi connectivity index (χ4v) is 0. The van der Waals surface area contributed by atoms with Crippen molar-refractivity contribution in [2.45, 2.75) is 0 Å². The standard InChI is InChI=1S/O2Si.5H2O.Sb.3H/c1-3-2;;;;;;;;;/h;5*1H2;;;;. The number of hydrogen-bond donors (Lipinski definition) is 0. The molecule has 0 saturated heterocycles. The molecule has 0 bridgehead atoms. The SMILES string of the molecule is O.O.O.O.O.O=[Si]=O.[SbH3]. The zero-order valence-electron chi connectivity index (χ0n) is 4.52. The van der Waals surface area contributed by atoms with Crippen LogP contribution in [0, 0.1) is 0 Å². The van der Waals surface area contributed by atoms with Gasteiger partial charge in [-0.25, -0.2) is 0 Å². The first-order chi connectivity index (χ1) is 1.41. The summed E-state index contributed by atoms with van der Waals surface area (Å²) >= 11 is 0. The fourth-order valence-electron chi connectivity index (χ4n) is 0. The molecule has 0 saturated carbocycles. The molecule has 0 aliphatic carbocycles. The third-order valence-electron chi connectivity index (χ3n) is 0. The molecule has 9 heavy (non-hydrogen) atoms. The topological polar surface area (TPSA) is 192 Å². The Morgan fingerprint density at radius 3 is 0.667 bits per heavy atom. The molecule has 0 aromatic carbocycles. The van der Waals surface area contributed by atoms with Gasteiger partial charge >= 0.3 is 33.7 Å². The van der Waals surface area contributed by atoms with E-state index >= 15 is 0 Å². The molecule has 0 aliphatic rings. The van der Waals surface area contributed by atoms with Crippen molar-refractivity contribution in [2.24, 2.45) is 0 Å². The van der Waals surface area contributed by atoms with Crippen molar-refractivity contribution in [1.82, 2.24) is 0 Å². The first-order valence-electron chi connectivity index (χ1n) is 0.408. The molecule has 7 nitrogen and oxygen atoms in total. The second-order valence-corrected chi connectivity index (χ2v) is 0.250. The van der Waals surface area contributed by atoms with Gasteiger partial charge in [-0.2, -0.15) is 0 Å². The van der Waals surface area contributed by atoms with Gasteiger partial charge in [0.25, 0.3) is 0 Å². The van der Waals surface area contributed by atoms with Crippen molar-refractivity contribution >= 4 is 33.7 Å². The number of hydrogen-bond acceptors (Lipinski definition) is 2. The Labute approximate surface area is 70.4 Å². The summed E-state index contributed by atoms with van der Waals surface area (Å²) in [7, 11) is -1.42. The summed E-state index contributed by atoms with van der Waals surface area (Å²) in [4.78, 5) is 0. The van der Waals surface area contributed by atoms with Gasteiger partial charge in [-0.15, -0.1) is 0 Å². The van der Waals surface area contributed by atoms with E-state index in [1.54, 1.807) is 0 Å². The van der Waals surface area contributed by atoms with Crippen LogP contribution in [0.4, 0.5) is 0 Å². The Morgan fingerprint density at radius 2 is 0.667 bits per heavy atom. The molecule has 0 amide bonds. The van der Waals surface area contributed by atoms with Crippen molar-refractivity contribution < 1.29 is 36.3 Å².